The first kappa shape index (κ1) is 18.8. The summed E-state index contributed by atoms with van der Waals surface area (Å²) in [6, 6.07) is 5.90. The zero-order valence-corrected chi connectivity index (χ0v) is 12.2. The summed E-state index contributed by atoms with van der Waals surface area (Å²) in [5, 5.41) is 18.6. The summed E-state index contributed by atoms with van der Waals surface area (Å²) in [5.74, 6) is -1.95. The number of benzene rings is 2. The smallest absolute Gasteiger partial charge is 0.416 e. The molecule has 0 saturated heterocycles. The summed E-state index contributed by atoms with van der Waals surface area (Å²) in [6.07, 6.45) is -12.3. The lowest BCUT2D eigenvalue weighted by atomic mass is 9.90. The minimum absolute atomic E-state index is 0.295. The molecule has 2 aromatic carbocycles. The lowest BCUT2D eigenvalue weighted by molar-refractivity contribution is -0.149. The molecule has 0 amide bonds. The Balaban J connectivity index is 2.76. The van der Waals surface area contributed by atoms with Crippen LogP contribution in [0.25, 0.3) is 11.1 Å². The maximum Gasteiger partial charge on any atom is 0.416 e. The number of aliphatic hydroxyl groups is 1. The van der Waals surface area contributed by atoms with E-state index < -0.39 is 46.7 Å². The van der Waals surface area contributed by atoms with Gasteiger partial charge >= 0.3 is 18.3 Å². The van der Waals surface area contributed by atoms with Gasteiger partial charge in [0.2, 0.25) is 0 Å². The second-order valence-corrected chi connectivity index (χ2v) is 5.08. The number of carboxylic acids is 1. The van der Waals surface area contributed by atoms with Crippen LogP contribution in [-0.4, -0.2) is 16.2 Å². The van der Waals surface area contributed by atoms with Crippen molar-refractivity contribution >= 4 is 5.97 Å². The van der Waals surface area contributed by atoms with Crippen molar-refractivity contribution in [2.75, 3.05) is 0 Å². The van der Waals surface area contributed by atoms with Gasteiger partial charge in [-0.1, -0.05) is 24.3 Å². The molecule has 0 aromatic heterocycles. The molecule has 0 aliphatic rings. The molecule has 134 valence electrons. The monoisotopic (exact) mass is 364 g/mol. The second kappa shape index (κ2) is 6.40. The van der Waals surface area contributed by atoms with Gasteiger partial charge in [0, 0.05) is 5.56 Å². The molecule has 1 unspecified atom stereocenters. The van der Waals surface area contributed by atoms with Gasteiger partial charge in [-0.05, 0) is 29.3 Å². The fourth-order valence-electron chi connectivity index (χ4n) is 2.35. The summed E-state index contributed by atoms with van der Waals surface area (Å²) >= 11 is 0. The van der Waals surface area contributed by atoms with Crippen LogP contribution in [0, 0.1) is 0 Å². The van der Waals surface area contributed by atoms with E-state index in [0.717, 1.165) is 30.3 Å². The van der Waals surface area contributed by atoms with Gasteiger partial charge in [-0.15, -0.1) is 0 Å². The van der Waals surface area contributed by atoms with Gasteiger partial charge in [-0.2, -0.15) is 26.3 Å². The first-order valence-electron chi connectivity index (χ1n) is 6.71. The Hall–Kier alpha value is -2.55. The van der Waals surface area contributed by atoms with Crippen LogP contribution in [0.2, 0.25) is 0 Å². The van der Waals surface area contributed by atoms with E-state index in [9.17, 15) is 36.2 Å². The van der Waals surface area contributed by atoms with Crippen LogP contribution >= 0.6 is 0 Å². The summed E-state index contributed by atoms with van der Waals surface area (Å²) < 4.78 is 77.9. The zero-order valence-electron chi connectivity index (χ0n) is 12.2. The third-order valence-electron chi connectivity index (χ3n) is 3.42. The summed E-state index contributed by atoms with van der Waals surface area (Å²) in [6.45, 7) is 0. The van der Waals surface area contributed by atoms with Crippen molar-refractivity contribution in [2.24, 2.45) is 0 Å². The number of aliphatic carboxylic acids is 1. The highest BCUT2D eigenvalue weighted by molar-refractivity contribution is 5.81. The first-order valence-corrected chi connectivity index (χ1v) is 6.71. The Morgan fingerprint density at radius 1 is 0.920 bits per heavy atom. The van der Waals surface area contributed by atoms with E-state index in [1.54, 1.807) is 0 Å². The fourth-order valence-corrected chi connectivity index (χ4v) is 2.35. The quantitative estimate of drug-likeness (QED) is 0.788. The van der Waals surface area contributed by atoms with Crippen LogP contribution in [0.4, 0.5) is 26.3 Å². The summed E-state index contributed by atoms with van der Waals surface area (Å²) in [5.41, 5.74) is -4.30. The van der Waals surface area contributed by atoms with Crippen LogP contribution in [0.3, 0.4) is 0 Å². The minimum atomic E-state index is -5.00. The van der Waals surface area contributed by atoms with E-state index in [-0.39, 0.29) is 5.56 Å². The molecule has 0 aliphatic heterocycles. The molecule has 2 rings (SSSR count). The molecule has 0 spiro atoms. The first-order chi connectivity index (χ1) is 11.4. The Kier molecular flexibility index (Phi) is 4.81. The molecule has 0 radical (unpaired) electrons. The summed E-state index contributed by atoms with van der Waals surface area (Å²) in [7, 11) is 0. The number of aliphatic hydroxyl groups excluding tert-OH is 1. The molecule has 0 heterocycles. The van der Waals surface area contributed by atoms with Gasteiger partial charge in [-0.3, -0.25) is 0 Å². The molecule has 9 heteroatoms. The lowest BCUT2D eigenvalue weighted by Gasteiger charge is -2.19. The Labute approximate surface area is 137 Å². The van der Waals surface area contributed by atoms with Crippen molar-refractivity contribution in [1.29, 1.82) is 0 Å². The standard InChI is InChI=1S/C16H10F6O3/c17-15(18,19)9-4-1-3-8(7-9)10-5-2-6-11(16(20,21)22)12(10)13(23)14(24)25/h1-7,13,23H,(H,24,25). The highest BCUT2D eigenvalue weighted by atomic mass is 19.4. The van der Waals surface area contributed by atoms with Crippen molar-refractivity contribution in [3.63, 3.8) is 0 Å². The molecule has 0 bridgehead atoms. The molecule has 0 saturated carbocycles. The number of alkyl halides is 6. The van der Waals surface area contributed by atoms with Crippen molar-refractivity contribution in [2.45, 2.75) is 18.5 Å². The normalized spacial score (nSPS) is 13.6. The van der Waals surface area contributed by atoms with Crippen LogP contribution in [-0.2, 0) is 17.1 Å². The minimum Gasteiger partial charge on any atom is -0.479 e. The molecular weight excluding hydrogens is 354 g/mol. The lowest BCUT2D eigenvalue weighted by Crippen LogP contribution is -2.18. The van der Waals surface area contributed by atoms with Gasteiger partial charge in [0.05, 0.1) is 11.1 Å². The van der Waals surface area contributed by atoms with E-state index in [1.807, 2.05) is 0 Å². The van der Waals surface area contributed by atoms with Crippen LogP contribution in [0.5, 0.6) is 0 Å². The Bertz CT molecular complexity index is 795. The second-order valence-electron chi connectivity index (χ2n) is 5.08. The zero-order chi connectivity index (χ0) is 19.0. The molecular formula is C16H10F6O3. The fraction of sp³-hybridized carbons (Fsp3) is 0.188. The van der Waals surface area contributed by atoms with E-state index in [0.29, 0.717) is 12.1 Å². The maximum atomic E-state index is 13.2. The van der Waals surface area contributed by atoms with Crippen LogP contribution in [0.1, 0.15) is 22.8 Å². The van der Waals surface area contributed by atoms with Gasteiger partial charge in [0.25, 0.3) is 0 Å². The Morgan fingerprint density at radius 3 is 2.04 bits per heavy atom. The van der Waals surface area contributed by atoms with E-state index >= 15 is 0 Å². The highest BCUT2D eigenvalue weighted by Crippen LogP contribution is 2.41. The number of hydrogen-bond acceptors (Lipinski definition) is 2. The van der Waals surface area contributed by atoms with Crippen LogP contribution < -0.4 is 0 Å². The average molecular weight is 364 g/mol. The van der Waals surface area contributed by atoms with Crippen molar-refractivity contribution in [3.8, 4) is 11.1 Å². The van der Waals surface area contributed by atoms with E-state index in [4.69, 9.17) is 5.11 Å². The number of halogens is 6. The molecule has 1 atom stereocenters. The van der Waals surface area contributed by atoms with Gasteiger partial charge in [0.15, 0.2) is 6.10 Å². The SMILES string of the molecule is O=C(O)C(O)c1c(-c2cccc(C(F)(F)F)c2)cccc1C(F)(F)F. The predicted octanol–water partition coefficient (Wildman–Crippen LogP) is 4.51. The highest BCUT2D eigenvalue weighted by Gasteiger charge is 2.38. The third kappa shape index (κ3) is 3.93. The predicted molar refractivity (Wildman–Crippen MR) is 74.5 cm³/mol. The summed E-state index contributed by atoms with van der Waals surface area (Å²) in [4.78, 5) is 11.0. The van der Waals surface area contributed by atoms with Gasteiger partial charge < -0.3 is 10.2 Å². The molecule has 3 nitrogen and oxygen atoms in total. The van der Waals surface area contributed by atoms with Crippen molar-refractivity contribution < 1.29 is 41.4 Å². The molecule has 0 aliphatic carbocycles. The molecule has 2 N–H and O–H groups in total. The number of carboxylic acid groups (broad SMARTS) is 1. The van der Waals surface area contributed by atoms with Crippen molar-refractivity contribution in [3.05, 3.63) is 59.2 Å². The largest absolute Gasteiger partial charge is 0.479 e. The molecule has 2 aromatic rings. The average Bonchev–Trinajstić information content (AvgIpc) is 2.51. The van der Waals surface area contributed by atoms with Crippen molar-refractivity contribution in [1.82, 2.24) is 0 Å². The number of carbonyl (C=O) groups is 1. The Morgan fingerprint density at radius 2 is 1.52 bits per heavy atom. The van der Waals surface area contributed by atoms with E-state index in [1.165, 1.54) is 0 Å². The number of rotatable bonds is 3. The third-order valence-corrected chi connectivity index (χ3v) is 3.42. The molecule has 0 fully saturated rings. The van der Waals surface area contributed by atoms with E-state index in [2.05, 4.69) is 0 Å². The maximum absolute atomic E-state index is 13.2. The van der Waals surface area contributed by atoms with Gasteiger partial charge in [0.1, 0.15) is 0 Å². The van der Waals surface area contributed by atoms with Crippen LogP contribution in [0.15, 0.2) is 42.5 Å². The number of hydrogen-bond donors (Lipinski definition) is 2. The van der Waals surface area contributed by atoms with Gasteiger partial charge in [-0.25, -0.2) is 4.79 Å². The topological polar surface area (TPSA) is 57.5 Å². The molecule has 25 heavy (non-hydrogen) atoms.